The number of hydrogen-bond acceptors (Lipinski definition) is 3. The molecule has 7 heavy (non-hydrogen) atoms. The van der Waals surface area contributed by atoms with Crippen LogP contribution in [0.15, 0.2) is 0 Å². The number of carboxylic acid groups (broad SMARTS) is 1. The van der Waals surface area contributed by atoms with Crippen molar-refractivity contribution in [1.82, 2.24) is 0 Å². The van der Waals surface area contributed by atoms with E-state index in [0.717, 1.165) is 0 Å². The molecule has 0 aliphatic rings. The molecule has 0 heterocycles. The Hall–Kier alpha value is 1.23. The van der Waals surface area contributed by atoms with Crippen LogP contribution in [0.4, 0.5) is 4.79 Å². The Morgan fingerprint density at radius 2 is 1.71 bits per heavy atom. The maximum atomic E-state index is 8.83. The molecule has 0 saturated carbocycles. The van der Waals surface area contributed by atoms with Gasteiger partial charge in [-0.2, -0.15) is 0 Å². The smallest absolute Gasteiger partial charge is 0.659 e. The van der Waals surface area contributed by atoms with Crippen LogP contribution in [0.2, 0.25) is 0 Å². The molecule has 0 aromatic heterocycles. The van der Waals surface area contributed by atoms with Gasteiger partial charge in [0.05, 0.1) is 0 Å². The van der Waals surface area contributed by atoms with Gasteiger partial charge in [-0.1, -0.05) is 0 Å². The molecule has 0 amide bonds. The van der Waals surface area contributed by atoms with Crippen molar-refractivity contribution in [2.24, 2.45) is 0 Å². The largest absolute Gasteiger partial charge is 1.00 e. The summed E-state index contributed by atoms with van der Waals surface area (Å²) in [4.78, 5) is 11.2. The molecule has 30 valence electrons. The van der Waals surface area contributed by atoms with Crippen LogP contribution >= 0.6 is 0 Å². The minimum atomic E-state index is -1.80. The average Bonchev–Trinajstić information content (AvgIpc) is 1.38. The van der Waals surface area contributed by atoms with E-state index >= 15 is 0 Å². The predicted octanol–water partition coefficient (Wildman–Crippen LogP) is -7.04. The summed E-state index contributed by atoms with van der Waals surface area (Å²) in [5.74, 6) is 0. The van der Waals surface area contributed by atoms with Gasteiger partial charge in [0, 0.05) is 0 Å². The SMILES string of the molecule is O=C(O)O[O-].[Na+].[Na+]. The molecule has 0 unspecified atom stereocenters. The molecule has 0 fully saturated rings. The van der Waals surface area contributed by atoms with E-state index in [0.29, 0.717) is 0 Å². The summed E-state index contributed by atoms with van der Waals surface area (Å²) in [7, 11) is 0. The molecular weight excluding hydrogens is 122 g/mol. The molecule has 0 saturated heterocycles. The monoisotopic (exact) mass is 123 g/mol. The fourth-order valence-electron chi connectivity index (χ4n) is 0. The topological polar surface area (TPSA) is 69.6 Å². The van der Waals surface area contributed by atoms with Gasteiger partial charge in [-0.3, -0.25) is 0 Å². The Labute approximate surface area is 84.4 Å². The minimum absolute atomic E-state index is 0. The van der Waals surface area contributed by atoms with Crippen molar-refractivity contribution < 1.29 is 79.2 Å². The molecule has 0 bridgehead atoms. The zero-order valence-electron chi connectivity index (χ0n) is 4.17. The standard InChI is InChI=1S/CH2O4.2Na/c2-1(3)5-4;;/h4H,(H,2,3);;/q;2*+1/p-1. The molecule has 0 radical (unpaired) electrons. The van der Waals surface area contributed by atoms with Crippen LogP contribution in [-0.4, -0.2) is 11.3 Å². The van der Waals surface area contributed by atoms with Crippen molar-refractivity contribution in [2.45, 2.75) is 0 Å². The molecule has 4 nitrogen and oxygen atoms in total. The third-order valence-corrected chi connectivity index (χ3v) is 0.0713. The van der Waals surface area contributed by atoms with Gasteiger partial charge < -0.3 is 15.3 Å². The summed E-state index contributed by atoms with van der Waals surface area (Å²) in [6, 6.07) is 0. The van der Waals surface area contributed by atoms with Crippen LogP contribution in [0, 0.1) is 0 Å². The van der Waals surface area contributed by atoms with E-state index in [1.165, 1.54) is 0 Å². The number of rotatable bonds is 0. The van der Waals surface area contributed by atoms with Crippen molar-refractivity contribution >= 4 is 6.16 Å². The van der Waals surface area contributed by atoms with E-state index in [1.54, 1.807) is 0 Å². The normalized spacial score (nSPS) is 4.71. The maximum absolute atomic E-state index is 8.83. The zero-order chi connectivity index (χ0) is 4.28. The van der Waals surface area contributed by atoms with Gasteiger partial charge in [-0.15, -0.1) is 0 Å². The van der Waals surface area contributed by atoms with Crippen LogP contribution in [0.5, 0.6) is 0 Å². The summed E-state index contributed by atoms with van der Waals surface area (Å²) in [5.41, 5.74) is 0. The predicted molar refractivity (Wildman–Crippen MR) is 9.11 cm³/mol. The molecular formula is CHNa2O4+. The Kier molecular flexibility index (Phi) is 23.1. The van der Waals surface area contributed by atoms with E-state index in [9.17, 15) is 0 Å². The third kappa shape index (κ3) is 19.0. The molecule has 1 N–H and O–H groups in total. The van der Waals surface area contributed by atoms with Gasteiger partial charge in [-0.05, 0) is 0 Å². The average molecular weight is 123 g/mol. The molecule has 0 aromatic rings. The molecule has 0 aromatic carbocycles. The van der Waals surface area contributed by atoms with Gasteiger partial charge >= 0.3 is 65.3 Å². The van der Waals surface area contributed by atoms with Gasteiger partial charge in [0.25, 0.3) is 0 Å². The maximum Gasteiger partial charge on any atom is 1.00 e. The fraction of sp³-hybridized carbons (Fsp3) is 0. The van der Waals surface area contributed by atoms with Gasteiger partial charge in [0.1, 0.15) is 0 Å². The van der Waals surface area contributed by atoms with Crippen molar-refractivity contribution in [3.63, 3.8) is 0 Å². The molecule has 6 heteroatoms. The number of carbonyl (C=O) groups is 1. The van der Waals surface area contributed by atoms with E-state index in [-0.39, 0.29) is 59.1 Å². The first-order chi connectivity index (χ1) is 2.27. The van der Waals surface area contributed by atoms with Crippen molar-refractivity contribution in [1.29, 1.82) is 0 Å². The van der Waals surface area contributed by atoms with Crippen molar-refractivity contribution in [3.05, 3.63) is 0 Å². The van der Waals surface area contributed by atoms with E-state index in [1.807, 2.05) is 0 Å². The Balaban J connectivity index is -0.0000000800. The third-order valence-electron chi connectivity index (χ3n) is 0.0713. The van der Waals surface area contributed by atoms with Crippen molar-refractivity contribution in [2.75, 3.05) is 0 Å². The van der Waals surface area contributed by atoms with Gasteiger partial charge in [0.15, 0.2) is 0 Å². The minimum Gasteiger partial charge on any atom is -0.659 e. The Morgan fingerprint density at radius 1 is 1.57 bits per heavy atom. The van der Waals surface area contributed by atoms with E-state index in [4.69, 9.17) is 15.2 Å². The van der Waals surface area contributed by atoms with E-state index in [2.05, 4.69) is 4.89 Å². The Bertz CT molecular complexity index is 45.0. The molecule has 0 aliphatic heterocycles. The van der Waals surface area contributed by atoms with Crippen LogP contribution in [0.3, 0.4) is 0 Å². The van der Waals surface area contributed by atoms with Crippen LogP contribution in [0.25, 0.3) is 0 Å². The Morgan fingerprint density at radius 3 is 1.71 bits per heavy atom. The van der Waals surface area contributed by atoms with E-state index < -0.39 is 6.16 Å². The number of hydrogen-bond donors (Lipinski definition) is 1. The summed E-state index contributed by atoms with van der Waals surface area (Å²) < 4.78 is 0. The van der Waals surface area contributed by atoms with Crippen LogP contribution in [-0.2, 0) is 4.89 Å². The fourth-order valence-corrected chi connectivity index (χ4v) is 0. The summed E-state index contributed by atoms with van der Waals surface area (Å²) >= 11 is 0. The summed E-state index contributed by atoms with van der Waals surface area (Å²) in [6.45, 7) is 0. The second-order valence-electron chi connectivity index (χ2n) is 0.349. The van der Waals surface area contributed by atoms with Gasteiger partial charge in [0.2, 0.25) is 0 Å². The first-order valence-electron chi connectivity index (χ1n) is 0.799. The van der Waals surface area contributed by atoms with Crippen molar-refractivity contribution in [3.8, 4) is 0 Å². The first-order valence-corrected chi connectivity index (χ1v) is 0.799. The summed E-state index contributed by atoms with van der Waals surface area (Å²) in [6.07, 6.45) is -1.80. The molecule has 0 atom stereocenters. The first kappa shape index (κ1) is 15.7. The van der Waals surface area contributed by atoms with Crippen LogP contribution in [0.1, 0.15) is 0 Å². The van der Waals surface area contributed by atoms with Gasteiger partial charge in [-0.25, -0.2) is 4.79 Å². The quantitative estimate of drug-likeness (QED) is 0.197. The molecule has 0 spiro atoms. The zero-order valence-corrected chi connectivity index (χ0v) is 8.17. The van der Waals surface area contributed by atoms with Crippen LogP contribution < -0.4 is 64.4 Å². The molecule has 0 rings (SSSR count). The summed E-state index contributed by atoms with van der Waals surface area (Å²) in [5, 5.41) is 15.7. The molecule has 0 aliphatic carbocycles. The second kappa shape index (κ2) is 10.3. The second-order valence-corrected chi connectivity index (χ2v) is 0.349.